The van der Waals surface area contributed by atoms with Gasteiger partial charge in [0, 0.05) is 31.9 Å². The summed E-state index contributed by atoms with van der Waals surface area (Å²) in [6.45, 7) is 13.8. The maximum absolute atomic E-state index is 12.7. The third-order valence-corrected chi connectivity index (χ3v) is 6.01. The highest BCUT2D eigenvalue weighted by atomic mass is 16.5. The first-order chi connectivity index (χ1) is 14.9. The standard InChI is InChI=1S/C25H30N4O2/c1-6-31-25(30)23-24(27-21-15-19(5)18(4)14-20(21)26-23)29-11-9-28(10-12-29)22-13-16(2)7-8-17(22)3/h7-8,13-15H,6,9-12H2,1-5H3. The lowest BCUT2D eigenvalue weighted by atomic mass is 10.1. The van der Waals surface area contributed by atoms with E-state index in [9.17, 15) is 4.79 Å². The first kappa shape index (κ1) is 21.1. The number of aryl methyl sites for hydroxylation is 4. The van der Waals surface area contributed by atoms with E-state index in [1.807, 2.05) is 26.0 Å². The van der Waals surface area contributed by atoms with Gasteiger partial charge in [-0.05, 0) is 75.1 Å². The molecule has 6 nitrogen and oxygen atoms in total. The molecular weight excluding hydrogens is 388 g/mol. The predicted octanol–water partition coefficient (Wildman–Crippen LogP) is 4.37. The molecule has 2 heterocycles. The predicted molar refractivity (Wildman–Crippen MR) is 125 cm³/mol. The van der Waals surface area contributed by atoms with Gasteiger partial charge in [0.2, 0.25) is 0 Å². The Labute approximate surface area is 183 Å². The number of rotatable bonds is 4. The smallest absolute Gasteiger partial charge is 0.360 e. The summed E-state index contributed by atoms with van der Waals surface area (Å²) in [7, 11) is 0. The van der Waals surface area contributed by atoms with Crippen LogP contribution in [0.2, 0.25) is 0 Å². The molecule has 6 heteroatoms. The van der Waals surface area contributed by atoms with E-state index in [0.29, 0.717) is 18.1 Å². The van der Waals surface area contributed by atoms with Gasteiger partial charge in [-0.25, -0.2) is 14.8 Å². The lowest BCUT2D eigenvalue weighted by Gasteiger charge is -2.37. The van der Waals surface area contributed by atoms with Gasteiger partial charge in [0.25, 0.3) is 0 Å². The van der Waals surface area contributed by atoms with Crippen LogP contribution < -0.4 is 9.80 Å². The van der Waals surface area contributed by atoms with Crippen LogP contribution >= 0.6 is 0 Å². The van der Waals surface area contributed by atoms with Crippen LogP contribution in [0.3, 0.4) is 0 Å². The minimum absolute atomic E-state index is 0.304. The zero-order valence-electron chi connectivity index (χ0n) is 19.0. The minimum atomic E-state index is -0.415. The molecule has 1 aliphatic rings. The Kier molecular flexibility index (Phi) is 5.81. The Morgan fingerprint density at radius 1 is 0.871 bits per heavy atom. The van der Waals surface area contributed by atoms with Crippen molar-refractivity contribution in [3.63, 3.8) is 0 Å². The van der Waals surface area contributed by atoms with Crippen LogP contribution in [0.5, 0.6) is 0 Å². The average Bonchev–Trinajstić information content (AvgIpc) is 2.76. The quantitative estimate of drug-likeness (QED) is 0.587. The second-order valence-corrected chi connectivity index (χ2v) is 8.31. The van der Waals surface area contributed by atoms with E-state index in [1.165, 1.54) is 16.8 Å². The third kappa shape index (κ3) is 4.20. The highest BCUT2D eigenvalue weighted by Crippen LogP contribution is 2.27. The van der Waals surface area contributed by atoms with Crippen LogP contribution in [0, 0.1) is 27.7 Å². The molecule has 0 unspecified atom stereocenters. The normalized spacial score (nSPS) is 14.2. The summed E-state index contributed by atoms with van der Waals surface area (Å²) < 4.78 is 5.30. The van der Waals surface area contributed by atoms with E-state index in [0.717, 1.165) is 48.3 Å². The SMILES string of the molecule is CCOC(=O)c1nc2cc(C)c(C)cc2nc1N1CCN(c2cc(C)ccc2C)CC1. The number of nitrogens with zero attached hydrogens (tertiary/aromatic N) is 4. The molecule has 0 aliphatic carbocycles. The number of piperazine rings is 1. The summed E-state index contributed by atoms with van der Waals surface area (Å²) in [4.78, 5) is 26.8. The molecule has 1 aromatic heterocycles. The fourth-order valence-electron chi connectivity index (χ4n) is 4.08. The summed E-state index contributed by atoms with van der Waals surface area (Å²) >= 11 is 0. The van der Waals surface area contributed by atoms with E-state index in [4.69, 9.17) is 9.72 Å². The van der Waals surface area contributed by atoms with Crippen LogP contribution in [0.4, 0.5) is 11.5 Å². The second-order valence-electron chi connectivity index (χ2n) is 8.31. The summed E-state index contributed by atoms with van der Waals surface area (Å²) in [5, 5.41) is 0. The number of aromatic nitrogens is 2. The van der Waals surface area contributed by atoms with Crippen molar-refractivity contribution in [3.05, 3.63) is 58.3 Å². The van der Waals surface area contributed by atoms with Crippen molar-refractivity contribution < 1.29 is 9.53 Å². The molecule has 31 heavy (non-hydrogen) atoms. The Morgan fingerprint density at radius 2 is 1.48 bits per heavy atom. The van der Waals surface area contributed by atoms with Crippen molar-refractivity contribution in [2.45, 2.75) is 34.6 Å². The van der Waals surface area contributed by atoms with Crippen molar-refractivity contribution in [1.82, 2.24) is 9.97 Å². The first-order valence-electron chi connectivity index (χ1n) is 10.9. The van der Waals surface area contributed by atoms with E-state index < -0.39 is 5.97 Å². The molecule has 1 fully saturated rings. The molecular formula is C25H30N4O2. The number of benzene rings is 2. The van der Waals surface area contributed by atoms with Gasteiger partial charge < -0.3 is 14.5 Å². The second kappa shape index (κ2) is 8.53. The molecule has 162 valence electrons. The molecule has 2 aromatic carbocycles. The van der Waals surface area contributed by atoms with Crippen LogP contribution in [-0.2, 0) is 4.74 Å². The largest absolute Gasteiger partial charge is 0.461 e. The monoisotopic (exact) mass is 418 g/mol. The fraction of sp³-hybridized carbons (Fsp3) is 0.400. The average molecular weight is 419 g/mol. The number of ether oxygens (including phenoxy) is 1. The fourth-order valence-corrected chi connectivity index (χ4v) is 4.08. The minimum Gasteiger partial charge on any atom is -0.461 e. The van der Waals surface area contributed by atoms with Gasteiger partial charge in [-0.1, -0.05) is 12.1 Å². The molecule has 0 spiro atoms. The number of carbonyl (C=O) groups excluding carboxylic acids is 1. The van der Waals surface area contributed by atoms with E-state index in [1.54, 1.807) is 0 Å². The number of anilines is 2. The van der Waals surface area contributed by atoms with Gasteiger partial charge in [-0.15, -0.1) is 0 Å². The van der Waals surface area contributed by atoms with Crippen LogP contribution in [0.15, 0.2) is 30.3 Å². The topological polar surface area (TPSA) is 58.6 Å². The number of carbonyl (C=O) groups is 1. The lowest BCUT2D eigenvalue weighted by Crippen LogP contribution is -2.47. The molecule has 0 bridgehead atoms. The van der Waals surface area contributed by atoms with Crippen molar-refractivity contribution in [3.8, 4) is 0 Å². The number of hydrogen-bond donors (Lipinski definition) is 0. The zero-order valence-corrected chi connectivity index (χ0v) is 19.0. The maximum atomic E-state index is 12.7. The zero-order chi connectivity index (χ0) is 22.1. The van der Waals surface area contributed by atoms with Crippen molar-refractivity contribution in [2.24, 2.45) is 0 Å². The van der Waals surface area contributed by atoms with Gasteiger partial charge in [-0.3, -0.25) is 0 Å². The Morgan fingerprint density at radius 3 is 2.13 bits per heavy atom. The van der Waals surface area contributed by atoms with Gasteiger partial charge in [0.1, 0.15) is 0 Å². The molecule has 0 amide bonds. The number of esters is 1. The van der Waals surface area contributed by atoms with Gasteiger partial charge >= 0.3 is 5.97 Å². The molecule has 0 saturated carbocycles. The molecule has 1 aliphatic heterocycles. The van der Waals surface area contributed by atoms with Crippen molar-refractivity contribution >= 4 is 28.5 Å². The van der Waals surface area contributed by atoms with E-state index >= 15 is 0 Å². The van der Waals surface area contributed by atoms with Gasteiger partial charge in [0.05, 0.1) is 17.6 Å². The van der Waals surface area contributed by atoms with E-state index in [-0.39, 0.29) is 0 Å². The van der Waals surface area contributed by atoms with Crippen LogP contribution in [0.1, 0.15) is 39.7 Å². The Balaban J connectivity index is 1.66. The van der Waals surface area contributed by atoms with E-state index in [2.05, 4.69) is 53.8 Å². The molecule has 4 rings (SSSR count). The Bertz CT molecular complexity index is 1130. The van der Waals surface area contributed by atoms with Gasteiger partial charge in [-0.2, -0.15) is 0 Å². The molecule has 3 aromatic rings. The molecule has 0 atom stereocenters. The Hall–Kier alpha value is -3.15. The summed E-state index contributed by atoms with van der Waals surface area (Å²) in [6.07, 6.45) is 0. The summed E-state index contributed by atoms with van der Waals surface area (Å²) in [6, 6.07) is 10.6. The van der Waals surface area contributed by atoms with Crippen LogP contribution in [-0.4, -0.2) is 48.7 Å². The lowest BCUT2D eigenvalue weighted by molar-refractivity contribution is 0.0520. The summed E-state index contributed by atoms with van der Waals surface area (Å²) in [5.74, 6) is 0.205. The molecule has 1 saturated heterocycles. The third-order valence-electron chi connectivity index (χ3n) is 6.01. The van der Waals surface area contributed by atoms with Crippen molar-refractivity contribution in [1.29, 1.82) is 0 Å². The first-order valence-corrected chi connectivity index (χ1v) is 10.9. The van der Waals surface area contributed by atoms with Crippen LogP contribution in [0.25, 0.3) is 11.0 Å². The molecule has 0 radical (unpaired) electrons. The molecule has 0 N–H and O–H groups in total. The maximum Gasteiger partial charge on any atom is 0.360 e. The van der Waals surface area contributed by atoms with Gasteiger partial charge in [0.15, 0.2) is 11.5 Å². The van der Waals surface area contributed by atoms with Crippen molar-refractivity contribution in [2.75, 3.05) is 42.6 Å². The number of fused-ring (bicyclic) bond motifs is 1. The summed E-state index contributed by atoms with van der Waals surface area (Å²) in [5.41, 5.74) is 7.95. The highest BCUT2D eigenvalue weighted by Gasteiger charge is 2.26. The number of hydrogen-bond acceptors (Lipinski definition) is 6. The highest BCUT2D eigenvalue weighted by molar-refractivity contribution is 5.95.